The van der Waals surface area contributed by atoms with Crippen molar-refractivity contribution in [1.29, 1.82) is 0 Å². The largest absolute Gasteiger partial charge is 0.493 e. The fraction of sp³-hybridized carbons (Fsp3) is 0.471. The van der Waals surface area contributed by atoms with Crippen molar-refractivity contribution >= 4 is 5.96 Å². The summed E-state index contributed by atoms with van der Waals surface area (Å²) in [5, 5.41) is 13.9. The van der Waals surface area contributed by atoms with Crippen LogP contribution >= 0.6 is 0 Å². The number of aliphatic imine (C=N–C) groups is 1. The highest BCUT2D eigenvalue weighted by molar-refractivity contribution is 5.79. The van der Waals surface area contributed by atoms with Crippen molar-refractivity contribution in [3.63, 3.8) is 0 Å². The number of benzene rings is 1. The lowest BCUT2D eigenvalue weighted by Gasteiger charge is -2.15. The van der Waals surface area contributed by atoms with Crippen LogP contribution in [-0.2, 0) is 20.1 Å². The summed E-state index contributed by atoms with van der Waals surface area (Å²) < 4.78 is 37.3. The summed E-state index contributed by atoms with van der Waals surface area (Å²) in [6.07, 6.45) is 2.42. The van der Waals surface area contributed by atoms with Crippen molar-refractivity contribution in [3.05, 3.63) is 35.9 Å². The van der Waals surface area contributed by atoms with Gasteiger partial charge in [-0.15, -0.1) is 10.2 Å². The lowest BCUT2D eigenvalue weighted by molar-refractivity contribution is -0.0505. The second-order valence-electron chi connectivity index (χ2n) is 5.63. The first kappa shape index (κ1) is 20.4. The van der Waals surface area contributed by atoms with E-state index in [2.05, 4.69) is 30.6 Å². The maximum atomic E-state index is 12.7. The Bertz CT molecular complexity index is 751. The number of hydrogen-bond donors (Lipinski definition) is 2. The van der Waals surface area contributed by atoms with Crippen LogP contribution in [0.3, 0.4) is 0 Å². The fourth-order valence-electron chi connectivity index (χ4n) is 2.23. The van der Waals surface area contributed by atoms with Gasteiger partial charge in [0.05, 0.1) is 13.2 Å². The van der Waals surface area contributed by atoms with Gasteiger partial charge in [0.15, 0.2) is 11.8 Å². The van der Waals surface area contributed by atoms with E-state index in [1.165, 1.54) is 6.07 Å². The minimum Gasteiger partial charge on any atom is -0.493 e. The van der Waals surface area contributed by atoms with Crippen molar-refractivity contribution < 1.29 is 18.3 Å². The smallest absolute Gasteiger partial charge is 0.387 e. The van der Waals surface area contributed by atoms with Crippen LogP contribution in [-0.4, -0.2) is 41.0 Å². The summed E-state index contributed by atoms with van der Waals surface area (Å²) in [6.45, 7) is 0.215. The molecule has 0 saturated heterocycles. The van der Waals surface area contributed by atoms with E-state index >= 15 is 0 Å². The molecule has 0 amide bonds. The number of nitrogens with one attached hydrogen (secondary N) is 2. The van der Waals surface area contributed by atoms with Crippen LogP contribution in [0.5, 0.6) is 11.5 Å². The first-order valence-corrected chi connectivity index (χ1v) is 8.51. The highest BCUT2D eigenvalue weighted by Crippen LogP contribution is 2.26. The van der Waals surface area contributed by atoms with E-state index in [4.69, 9.17) is 4.74 Å². The van der Waals surface area contributed by atoms with Crippen molar-refractivity contribution in [2.24, 2.45) is 12.0 Å². The fourth-order valence-corrected chi connectivity index (χ4v) is 2.23. The Morgan fingerprint density at radius 1 is 1.30 bits per heavy atom. The molecule has 2 rings (SSSR count). The van der Waals surface area contributed by atoms with Gasteiger partial charge in [0.25, 0.3) is 0 Å². The van der Waals surface area contributed by atoms with Gasteiger partial charge in [-0.25, -0.2) is 0 Å². The number of nitrogens with zero attached hydrogens (tertiary/aromatic N) is 4. The quantitative estimate of drug-likeness (QED) is 0.510. The number of ether oxygens (including phenoxy) is 2. The second kappa shape index (κ2) is 10.3. The summed E-state index contributed by atoms with van der Waals surface area (Å²) in [5.41, 5.74) is 0.556. The lowest BCUT2D eigenvalue weighted by atomic mass is 10.2. The molecule has 27 heavy (non-hydrogen) atoms. The van der Waals surface area contributed by atoms with Crippen molar-refractivity contribution in [3.8, 4) is 11.5 Å². The Labute approximate surface area is 156 Å². The molecule has 0 radical (unpaired) electrons. The Morgan fingerprint density at radius 3 is 2.70 bits per heavy atom. The van der Waals surface area contributed by atoms with E-state index in [9.17, 15) is 8.78 Å². The van der Waals surface area contributed by atoms with Gasteiger partial charge >= 0.3 is 6.61 Å². The number of halogens is 2. The van der Waals surface area contributed by atoms with Gasteiger partial charge in [0, 0.05) is 32.3 Å². The maximum Gasteiger partial charge on any atom is 0.387 e. The lowest BCUT2D eigenvalue weighted by Crippen LogP contribution is -2.37. The summed E-state index contributed by atoms with van der Waals surface area (Å²) in [7, 11) is 3.45. The van der Waals surface area contributed by atoms with Gasteiger partial charge in [-0.3, -0.25) is 4.99 Å². The first-order valence-electron chi connectivity index (χ1n) is 8.51. The molecule has 0 atom stereocenters. The summed E-state index contributed by atoms with van der Waals surface area (Å²) in [4.78, 5) is 4.10. The monoisotopic (exact) mass is 382 g/mol. The Balaban J connectivity index is 2.00. The molecule has 0 aliphatic heterocycles. The van der Waals surface area contributed by atoms with E-state index in [0.29, 0.717) is 30.4 Å². The molecular formula is C17H24F2N6O2. The zero-order chi connectivity index (χ0) is 19.6. The second-order valence-corrected chi connectivity index (χ2v) is 5.63. The Morgan fingerprint density at radius 2 is 2.07 bits per heavy atom. The van der Waals surface area contributed by atoms with E-state index in [1.54, 1.807) is 30.1 Å². The van der Waals surface area contributed by atoms with E-state index in [0.717, 1.165) is 12.2 Å². The number of aromatic nitrogens is 3. The van der Waals surface area contributed by atoms with Crippen LogP contribution in [0.4, 0.5) is 8.78 Å². The highest BCUT2D eigenvalue weighted by atomic mass is 19.3. The molecule has 0 saturated carbocycles. The SMILES string of the molecule is CCCOc1ccc(CNC(=NC)NCc2nncn2C)c(OC(F)F)c1. The third-order valence-electron chi connectivity index (χ3n) is 3.62. The molecule has 1 aromatic carbocycles. The van der Waals surface area contributed by atoms with Crippen LogP contribution in [0.1, 0.15) is 24.7 Å². The molecule has 1 aromatic heterocycles. The molecule has 0 spiro atoms. The standard InChI is InChI=1S/C17H24F2N6O2/c1-4-7-26-13-6-5-12(14(8-13)27-16(18)19)9-21-17(20-2)22-10-15-24-23-11-25(15)3/h5-6,8,11,16H,4,7,9-10H2,1-3H3,(H2,20,21,22). The van der Waals surface area contributed by atoms with Crippen LogP contribution in [0.25, 0.3) is 0 Å². The number of alkyl halides is 2. The third-order valence-corrected chi connectivity index (χ3v) is 3.62. The van der Waals surface area contributed by atoms with Gasteiger partial charge in [-0.05, 0) is 18.6 Å². The van der Waals surface area contributed by atoms with Crippen LogP contribution in [0.2, 0.25) is 0 Å². The molecule has 0 aliphatic carbocycles. The molecule has 0 aliphatic rings. The third kappa shape index (κ3) is 6.39. The van der Waals surface area contributed by atoms with Crippen LogP contribution in [0, 0.1) is 0 Å². The predicted molar refractivity (Wildman–Crippen MR) is 96.9 cm³/mol. The molecule has 0 unspecified atom stereocenters. The molecule has 8 nitrogen and oxygen atoms in total. The van der Waals surface area contributed by atoms with Crippen molar-refractivity contribution in [2.45, 2.75) is 33.0 Å². The molecule has 2 aromatic rings. The molecule has 1 heterocycles. The van der Waals surface area contributed by atoms with E-state index < -0.39 is 6.61 Å². The molecule has 2 N–H and O–H groups in total. The summed E-state index contributed by atoms with van der Waals surface area (Å²) in [5.74, 6) is 1.78. The van der Waals surface area contributed by atoms with Crippen LogP contribution < -0.4 is 20.1 Å². The maximum absolute atomic E-state index is 12.7. The number of aryl methyl sites for hydroxylation is 1. The molecule has 148 valence electrons. The predicted octanol–water partition coefficient (Wildman–Crippen LogP) is 2.07. The minimum atomic E-state index is -2.92. The highest BCUT2D eigenvalue weighted by Gasteiger charge is 2.12. The molecule has 0 bridgehead atoms. The number of hydrogen-bond acceptors (Lipinski definition) is 5. The summed E-state index contributed by atoms with van der Waals surface area (Å²) >= 11 is 0. The topological polar surface area (TPSA) is 85.6 Å². The van der Waals surface area contributed by atoms with Crippen molar-refractivity contribution in [2.75, 3.05) is 13.7 Å². The number of guanidine groups is 1. The number of rotatable bonds is 9. The van der Waals surface area contributed by atoms with Crippen LogP contribution in [0.15, 0.2) is 29.5 Å². The van der Waals surface area contributed by atoms with E-state index in [1.807, 2.05) is 14.0 Å². The van der Waals surface area contributed by atoms with Gasteiger partial charge in [-0.1, -0.05) is 6.92 Å². The van der Waals surface area contributed by atoms with Gasteiger partial charge < -0.3 is 24.7 Å². The Kier molecular flexibility index (Phi) is 7.78. The molecule has 0 fully saturated rings. The van der Waals surface area contributed by atoms with Crippen molar-refractivity contribution in [1.82, 2.24) is 25.4 Å². The van der Waals surface area contributed by atoms with Gasteiger partial charge in [-0.2, -0.15) is 8.78 Å². The average molecular weight is 382 g/mol. The Hall–Kier alpha value is -2.91. The average Bonchev–Trinajstić information content (AvgIpc) is 3.05. The van der Waals surface area contributed by atoms with Gasteiger partial charge in [0.1, 0.15) is 17.8 Å². The summed E-state index contributed by atoms with van der Waals surface area (Å²) in [6, 6.07) is 4.88. The van der Waals surface area contributed by atoms with E-state index in [-0.39, 0.29) is 12.3 Å². The molecular weight excluding hydrogens is 358 g/mol. The zero-order valence-corrected chi connectivity index (χ0v) is 15.6. The molecule has 10 heteroatoms. The minimum absolute atomic E-state index is 0.0647. The van der Waals surface area contributed by atoms with Gasteiger partial charge in [0.2, 0.25) is 0 Å². The first-order chi connectivity index (χ1) is 13.0. The normalized spacial score (nSPS) is 11.6. The zero-order valence-electron chi connectivity index (χ0n) is 15.6.